The summed E-state index contributed by atoms with van der Waals surface area (Å²) < 4.78 is 54.7. The van der Waals surface area contributed by atoms with Crippen LogP contribution in [0.1, 0.15) is 16.7 Å². The SMILES string of the molecule is COc1ccccc1CC(=O)N(CCc1ccc(C(F)(F)F)cc1)c1ccc(OC)c(OC)c1. The van der Waals surface area contributed by atoms with E-state index in [4.69, 9.17) is 14.2 Å². The zero-order valence-electron chi connectivity index (χ0n) is 19.2. The molecular formula is C26H26F3NO4. The quantitative estimate of drug-likeness (QED) is 0.409. The molecule has 8 heteroatoms. The number of ether oxygens (including phenoxy) is 3. The summed E-state index contributed by atoms with van der Waals surface area (Å²) in [6.45, 7) is 0.259. The highest BCUT2D eigenvalue weighted by Gasteiger charge is 2.30. The number of carbonyl (C=O) groups is 1. The van der Waals surface area contributed by atoms with Crippen molar-refractivity contribution in [3.05, 3.63) is 83.4 Å². The van der Waals surface area contributed by atoms with E-state index in [2.05, 4.69) is 0 Å². The Morgan fingerprint density at radius 1 is 0.824 bits per heavy atom. The van der Waals surface area contributed by atoms with Crippen LogP contribution in [0, 0.1) is 0 Å². The van der Waals surface area contributed by atoms with Crippen LogP contribution in [0.25, 0.3) is 0 Å². The van der Waals surface area contributed by atoms with Gasteiger partial charge in [-0.1, -0.05) is 30.3 Å². The van der Waals surface area contributed by atoms with Gasteiger partial charge in [0.1, 0.15) is 5.75 Å². The monoisotopic (exact) mass is 473 g/mol. The predicted octanol–water partition coefficient (Wildman–Crippen LogP) is 5.55. The molecule has 0 aliphatic rings. The Hall–Kier alpha value is -3.68. The third-order valence-corrected chi connectivity index (χ3v) is 5.42. The van der Waals surface area contributed by atoms with E-state index >= 15 is 0 Å². The number of methoxy groups -OCH3 is 3. The zero-order valence-corrected chi connectivity index (χ0v) is 19.2. The summed E-state index contributed by atoms with van der Waals surface area (Å²) in [4.78, 5) is 15.0. The first kappa shape index (κ1) is 25.0. The predicted molar refractivity (Wildman–Crippen MR) is 124 cm³/mol. The Morgan fingerprint density at radius 2 is 1.47 bits per heavy atom. The number of alkyl halides is 3. The fourth-order valence-electron chi connectivity index (χ4n) is 3.60. The lowest BCUT2D eigenvalue weighted by molar-refractivity contribution is -0.137. The van der Waals surface area contributed by atoms with Gasteiger partial charge in [-0.2, -0.15) is 13.2 Å². The van der Waals surface area contributed by atoms with E-state index in [-0.39, 0.29) is 18.9 Å². The van der Waals surface area contributed by atoms with E-state index in [1.54, 1.807) is 36.3 Å². The summed E-state index contributed by atoms with van der Waals surface area (Å²) in [7, 11) is 4.57. The topological polar surface area (TPSA) is 48.0 Å². The highest BCUT2D eigenvalue weighted by atomic mass is 19.4. The van der Waals surface area contributed by atoms with Crippen molar-refractivity contribution >= 4 is 11.6 Å². The van der Waals surface area contributed by atoms with Crippen LogP contribution in [0.3, 0.4) is 0 Å². The Kier molecular flexibility index (Phi) is 8.04. The third kappa shape index (κ3) is 6.01. The molecule has 34 heavy (non-hydrogen) atoms. The Morgan fingerprint density at radius 3 is 2.09 bits per heavy atom. The van der Waals surface area contributed by atoms with E-state index < -0.39 is 11.7 Å². The van der Waals surface area contributed by atoms with Crippen LogP contribution in [0.5, 0.6) is 17.2 Å². The van der Waals surface area contributed by atoms with Gasteiger partial charge in [0.25, 0.3) is 0 Å². The van der Waals surface area contributed by atoms with Crippen molar-refractivity contribution in [2.75, 3.05) is 32.8 Å². The Bertz CT molecular complexity index is 1110. The van der Waals surface area contributed by atoms with Gasteiger partial charge in [-0.15, -0.1) is 0 Å². The van der Waals surface area contributed by atoms with Crippen molar-refractivity contribution in [3.8, 4) is 17.2 Å². The number of hydrogen-bond acceptors (Lipinski definition) is 4. The Labute approximate surface area is 196 Å². The highest BCUT2D eigenvalue weighted by Crippen LogP contribution is 2.33. The maximum Gasteiger partial charge on any atom is 0.416 e. The number of para-hydroxylation sites is 1. The average molecular weight is 473 g/mol. The van der Waals surface area contributed by atoms with Crippen LogP contribution in [0.2, 0.25) is 0 Å². The van der Waals surface area contributed by atoms with Crippen molar-refractivity contribution in [2.45, 2.75) is 19.0 Å². The van der Waals surface area contributed by atoms with E-state index in [9.17, 15) is 18.0 Å². The van der Waals surface area contributed by atoms with Gasteiger partial charge in [-0.3, -0.25) is 4.79 Å². The van der Waals surface area contributed by atoms with Crippen molar-refractivity contribution in [1.82, 2.24) is 0 Å². The summed E-state index contributed by atoms with van der Waals surface area (Å²) in [5.74, 6) is 1.39. The summed E-state index contributed by atoms with van der Waals surface area (Å²) in [5.41, 5.74) is 1.29. The van der Waals surface area contributed by atoms with E-state index in [0.29, 0.717) is 34.9 Å². The molecule has 3 rings (SSSR count). The highest BCUT2D eigenvalue weighted by molar-refractivity contribution is 5.95. The van der Waals surface area contributed by atoms with Gasteiger partial charge >= 0.3 is 6.18 Å². The van der Waals surface area contributed by atoms with Crippen LogP contribution >= 0.6 is 0 Å². The molecule has 0 aliphatic carbocycles. The molecule has 180 valence electrons. The molecule has 0 saturated carbocycles. The Balaban J connectivity index is 1.88. The number of halogens is 3. The second-order valence-electron chi connectivity index (χ2n) is 7.52. The lowest BCUT2D eigenvalue weighted by Crippen LogP contribution is -2.34. The summed E-state index contributed by atoms with van der Waals surface area (Å²) in [5, 5.41) is 0. The van der Waals surface area contributed by atoms with Crippen LogP contribution in [0.4, 0.5) is 18.9 Å². The first-order valence-electron chi connectivity index (χ1n) is 10.6. The number of hydrogen-bond donors (Lipinski definition) is 0. The minimum absolute atomic E-state index is 0.0887. The second-order valence-corrected chi connectivity index (χ2v) is 7.52. The van der Waals surface area contributed by atoms with E-state index in [0.717, 1.165) is 17.7 Å². The van der Waals surface area contributed by atoms with Crippen LogP contribution < -0.4 is 19.1 Å². The molecule has 0 radical (unpaired) electrons. The number of benzene rings is 3. The van der Waals surface area contributed by atoms with Gasteiger partial charge in [0.15, 0.2) is 11.5 Å². The summed E-state index contributed by atoms with van der Waals surface area (Å²) in [6, 6.07) is 17.4. The first-order chi connectivity index (χ1) is 16.3. The molecule has 3 aromatic carbocycles. The molecule has 0 heterocycles. The van der Waals surface area contributed by atoms with Crippen LogP contribution in [-0.4, -0.2) is 33.8 Å². The molecule has 0 saturated heterocycles. The summed E-state index contributed by atoms with van der Waals surface area (Å²) in [6.07, 6.45) is -3.94. The third-order valence-electron chi connectivity index (χ3n) is 5.42. The summed E-state index contributed by atoms with van der Waals surface area (Å²) >= 11 is 0. The fraction of sp³-hybridized carbons (Fsp3) is 0.269. The molecule has 0 N–H and O–H groups in total. The zero-order chi connectivity index (χ0) is 24.7. The number of anilines is 1. The maximum atomic E-state index is 13.4. The average Bonchev–Trinajstić information content (AvgIpc) is 2.84. The largest absolute Gasteiger partial charge is 0.496 e. The molecule has 0 aromatic heterocycles. The smallest absolute Gasteiger partial charge is 0.416 e. The molecule has 3 aromatic rings. The molecular weight excluding hydrogens is 447 g/mol. The minimum Gasteiger partial charge on any atom is -0.496 e. The molecule has 0 atom stereocenters. The van der Waals surface area contributed by atoms with Gasteiger partial charge in [-0.05, 0) is 42.3 Å². The molecule has 5 nitrogen and oxygen atoms in total. The van der Waals surface area contributed by atoms with E-state index in [1.807, 2.05) is 18.2 Å². The molecule has 0 bridgehead atoms. The maximum absolute atomic E-state index is 13.4. The van der Waals surface area contributed by atoms with Gasteiger partial charge in [0.2, 0.25) is 5.91 Å². The number of amides is 1. The number of carbonyl (C=O) groups excluding carboxylic acids is 1. The fourth-order valence-corrected chi connectivity index (χ4v) is 3.60. The van der Waals surface area contributed by atoms with Gasteiger partial charge in [0.05, 0.1) is 33.3 Å². The molecule has 0 fully saturated rings. The van der Waals surface area contributed by atoms with Crippen molar-refractivity contribution in [3.63, 3.8) is 0 Å². The number of rotatable bonds is 9. The normalized spacial score (nSPS) is 11.1. The van der Waals surface area contributed by atoms with Crippen LogP contribution in [0.15, 0.2) is 66.7 Å². The molecule has 1 amide bonds. The van der Waals surface area contributed by atoms with Gasteiger partial charge in [0, 0.05) is 23.9 Å². The van der Waals surface area contributed by atoms with Crippen molar-refractivity contribution in [1.29, 1.82) is 0 Å². The van der Waals surface area contributed by atoms with Crippen LogP contribution in [-0.2, 0) is 23.8 Å². The minimum atomic E-state index is -4.39. The lowest BCUT2D eigenvalue weighted by Gasteiger charge is -2.24. The number of nitrogens with zero attached hydrogens (tertiary/aromatic N) is 1. The van der Waals surface area contributed by atoms with Gasteiger partial charge in [-0.25, -0.2) is 0 Å². The van der Waals surface area contributed by atoms with E-state index in [1.165, 1.54) is 26.4 Å². The molecule has 0 aliphatic heterocycles. The van der Waals surface area contributed by atoms with Gasteiger partial charge < -0.3 is 19.1 Å². The standard InChI is InChI=1S/C26H26F3NO4/c1-32-22-7-5-4-6-19(22)16-25(31)30(21-12-13-23(33-2)24(17-21)34-3)15-14-18-8-10-20(11-9-18)26(27,28)29/h4-13,17H,14-16H2,1-3H3. The lowest BCUT2D eigenvalue weighted by atomic mass is 10.1. The first-order valence-corrected chi connectivity index (χ1v) is 10.6. The second kappa shape index (κ2) is 11.0. The molecule has 0 unspecified atom stereocenters. The van der Waals surface area contributed by atoms with Crippen molar-refractivity contribution in [2.24, 2.45) is 0 Å². The molecule has 0 spiro atoms. The van der Waals surface area contributed by atoms with Crippen molar-refractivity contribution < 1.29 is 32.2 Å².